The van der Waals surface area contributed by atoms with Gasteiger partial charge in [-0.1, -0.05) is 12.1 Å². The van der Waals surface area contributed by atoms with Gasteiger partial charge in [0.25, 0.3) is 5.91 Å². The number of amides is 1. The van der Waals surface area contributed by atoms with E-state index in [1.54, 1.807) is 19.2 Å². The molecule has 0 saturated carbocycles. The predicted molar refractivity (Wildman–Crippen MR) is 126 cm³/mol. The van der Waals surface area contributed by atoms with Crippen LogP contribution in [0.5, 0.6) is 5.75 Å². The van der Waals surface area contributed by atoms with Gasteiger partial charge in [-0.15, -0.1) is 0 Å². The Morgan fingerprint density at radius 2 is 1.84 bits per heavy atom. The van der Waals surface area contributed by atoms with Crippen molar-refractivity contribution in [1.82, 2.24) is 10.2 Å². The van der Waals surface area contributed by atoms with Crippen molar-refractivity contribution in [2.45, 2.75) is 38.3 Å². The lowest BCUT2D eigenvalue weighted by atomic mass is 10.0. The highest BCUT2D eigenvalue weighted by molar-refractivity contribution is 7.92. The number of nitrogens with one attached hydrogen (secondary N) is 1. The first-order valence-corrected chi connectivity index (χ1v) is 12.9. The molecule has 2 aromatic carbocycles. The maximum Gasteiger partial charge on any atom is 0.251 e. The molecule has 0 bridgehead atoms. The average Bonchev–Trinajstić information content (AvgIpc) is 3.40. The Balaban J connectivity index is 1.49. The fourth-order valence-corrected chi connectivity index (χ4v) is 6.14. The number of carbonyl (C=O) groups excluding carboxylic acids is 1. The molecule has 8 heteroatoms. The van der Waals surface area contributed by atoms with Gasteiger partial charge < -0.3 is 10.1 Å². The number of sulfonamides is 1. The molecule has 2 aliphatic heterocycles. The molecular weight excluding hydrogens is 426 g/mol. The molecule has 7 nitrogen and oxygen atoms in total. The highest BCUT2D eigenvalue weighted by Gasteiger charge is 2.33. The van der Waals surface area contributed by atoms with Crippen LogP contribution in [0.2, 0.25) is 0 Å². The number of hydrogen-bond donors (Lipinski definition) is 1. The summed E-state index contributed by atoms with van der Waals surface area (Å²) in [5, 5.41) is 3.10. The molecule has 0 aromatic heterocycles. The van der Waals surface area contributed by atoms with E-state index in [1.165, 1.54) is 23.4 Å². The van der Waals surface area contributed by atoms with Crippen molar-refractivity contribution in [3.05, 3.63) is 59.2 Å². The Bertz CT molecular complexity index is 1080. The molecule has 0 aliphatic carbocycles. The number of methoxy groups -OCH3 is 1. The number of nitrogens with zero attached hydrogens (tertiary/aromatic N) is 2. The van der Waals surface area contributed by atoms with Crippen LogP contribution >= 0.6 is 0 Å². The number of likely N-dealkylation sites (tertiary alicyclic amines) is 1. The molecule has 2 heterocycles. The van der Waals surface area contributed by atoms with Gasteiger partial charge in [-0.25, -0.2) is 8.42 Å². The maximum absolute atomic E-state index is 13.0. The zero-order valence-electron chi connectivity index (χ0n) is 18.9. The first-order valence-electron chi connectivity index (χ1n) is 11.1. The standard InChI is InChI=1S/C24H31N3O4S/c1-17-14-20-15-19(8-11-22(20)27(17)32(3,29)30)24(28)25-16-23(26-12-4-5-13-26)18-6-9-21(31-2)10-7-18/h6-11,15,17,23H,4-5,12-14,16H2,1-3H3,(H,25,28). The monoisotopic (exact) mass is 457 g/mol. The van der Waals surface area contributed by atoms with Crippen molar-refractivity contribution in [2.75, 3.05) is 37.3 Å². The maximum atomic E-state index is 13.0. The highest BCUT2D eigenvalue weighted by Crippen LogP contribution is 2.34. The van der Waals surface area contributed by atoms with E-state index in [2.05, 4.69) is 22.3 Å². The van der Waals surface area contributed by atoms with Crippen LogP contribution in [-0.2, 0) is 16.4 Å². The van der Waals surface area contributed by atoms with E-state index in [-0.39, 0.29) is 18.0 Å². The summed E-state index contributed by atoms with van der Waals surface area (Å²) in [7, 11) is -1.69. The summed E-state index contributed by atoms with van der Waals surface area (Å²) in [4.78, 5) is 15.4. The molecule has 2 atom stereocenters. The third-order valence-electron chi connectivity index (χ3n) is 6.39. The summed E-state index contributed by atoms with van der Waals surface area (Å²) in [5.74, 6) is 0.671. The van der Waals surface area contributed by atoms with Crippen LogP contribution in [0, 0.1) is 0 Å². The van der Waals surface area contributed by atoms with Crippen LogP contribution < -0.4 is 14.4 Å². The largest absolute Gasteiger partial charge is 0.497 e. The van der Waals surface area contributed by atoms with Gasteiger partial charge in [-0.2, -0.15) is 0 Å². The van der Waals surface area contributed by atoms with Crippen molar-refractivity contribution in [3.8, 4) is 5.75 Å². The van der Waals surface area contributed by atoms with E-state index >= 15 is 0 Å². The number of anilines is 1. The Morgan fingerprint density at radius 1 is 1.16 bits per heavy atom. The fraction of sp³-hybridized carbons (Fsp3) is 0.458. The molecule has 172 valence electrons. The topological polar surface area (TPSA) is 79.0 Å². The van der Waals surface area contributed by atoms with Crippen molar-refractivity contribution < 1.29 is 17.9 Å². The Morgan fingerprint density at radius 3 is 2.47 bits per heavy atom. The molecule has 2 unspecified atom stereocenters. The van der Waals surface area contributed by atoms with E-state index in [0.29, 0.717) is 24.2 Å². The van der Waals surface area contributed by atoms with Crippen LogP contribution in [0.3, 0.4) is 0 Å². The quantitative estimate of drug-likeness (QED) is 0.692. The van der Waals surface area contributed by atoms with Crippen LogP contribution in [0.15, 0.2) is 42.5 Å². The average molecular weight is 458 g/mol. The lowest BCUT2D eigenvalue weighted by molar-refractivity contribution is 0.0938. The second kappa shape index (κ2) is 9.11. The molecule has 2 aromatic rings. The van der Waals surface area contributed by atoms with Crippen molar-refractivity contribution in [2.24, 2.45) is 0 Å². The summed E-state index contributed by atoms with van der Waals surface area (Å²) in [6.07, 6.45) is 4.16. The van der Waals surface area contributed by atoms with Crippen molar-refractivity contribution in [1.29, 1.82) is 0 Å². The predicted octanol–water partition coefficient (Wildman–Crippen LogP) is 2.97. The van der Waals surface area contributed by atoms with Gasteiger partial charge in [-0.3, -0.25) is 14.0 Å². The summed E-state index contributed by atoms with van der Waals surface area (Å²) in [5.41, 5.74) is 3.27. The number of carbonyl (C=O) groups is 1. The first-order chi connectivity index (χ1) is 15.3. The SMILES string of the molecule is COc1ccc(C(CNC(=O)c2ccc3c(c2)CC(C)N3S(C)(=O)=O)N2CCCC2)cc1. The van der Waals surface area contributed by atoms with Gasteiger partial charge in [0.15, 0.2) is 0 Å². The fourth-order valence-electron chi connectivity index (χ4n) is 4.88. The van der Waals surface area contributed by atoms with E-state index < -0.39 is 10.0 Å². The number of benzene rings is 2. The normalized spacial score (nSPS) is 19.6. The minimum atomic E-state index is -3.35. The molecule has 1 amide bonds. The van der Waals surface area contributed by atoms with Gasteiger partial charge in [0, 0.05) is 18.2 Å². The zero-order valence-corrected chi connectivity index (χ0v) is 19.7. The molecule has 2 aliphatic rings. The van der Waals surface area contributed by atoms with Gasteiger partial charge in [0.2, 0.25) is 10.0 Å². The van der Waals surface area contributed by atoms with Gasteiger partial charge in [0.1, 0.15) is 5.75 Å². The van der Waals surface area contributed by atoms with Gasteiger partial charge in [0.05, 0.1) is 25.1 Å². The van der Waals surface area contributed by atoms with Crippen LogP contribution in [0.25, 0.3) is 0 Å². The number of fused-ring (bicyclic) bond motifs is 1. The Hall–Kier alpha value is -2.58. The minimum Gasteiger partial charge on any atom is -0.497 e. The Labute approximate surface area is 190 Å². The van der Waals surface area contributed by atoms with Crippen LogP contribution in [0.1, 0.15) is 47.3 Å². The third-order valence-corrected chi connectivity index (χ3v) is 7.66. The highest BCUT2D eigenvalue weighted by atomic mass is 32.2. The van der Waals surface area contributed by atoms with E-state index in [9.17, 15) is 13.2 Å². The van der Waals surface area contributed by atoms with Gasteiger partial charge >= 0.3 is 0 Å². The summed E-state index contributed by atoms with van der Waals surface area (Å²) in [6.45, 7) is 4.43. The van der Waals surface area contributed by atoms with Crippen molar-refractivity contribution >= 4 is 21.6 Å². The molecule has 1 saturated heterocycles. The second-order valence-corrected chi connectivity index (χ2v) is 10.6. The smallest absolute Gasteiger partial charge is 0.251 e. The molecule has 0 spiro atoms. The lowest BCUT2D eigenvalue weighted by Gasteiger charge is -2.28. The lowest BCUT2D eigenvalue weighted by Crippen LogP contribution is -2.36. The van der Waals surface area contributed by atoms with Gasteiger partial charge in [-0.05, 0) is 80.7 Å². The summed E-state index contributed by atoms with van der Waals surface area (Å²) >= 11 is 0. The molecule has 1 fully saturated rings. The number of rotatable bonds is 7. The molecular formula is C24H31N3O4S. The zero-order chi connectivity index (χ0) is 22.9. The van der Waals surface area contributed by atoms with E-state index in [0.717, 1.165) is 30.0 Å². The van der Waals surface area contributed by atoms with Crippen LogP contribution in [-0.4, -0.2) is 58.3 Å². The number of hydrogen-bond acceptors (Lipinski definition) is 5. The summed E-state index contributed by atoms with van der Waals surface area (Å²) in [6, 6.07) is 13.3. The number of ether oxygens (including phenoxy) is 1. The molecule has 32 heavy (non-hydrogen) atoms. The first kappa shape index (κ1) is 22.6. The third kappa shape index (κ3) is 4.61. The van der Waals surface area contributed by atoms with E-state index in [1.807, 2.05) is 25.1 Å². The second-order valence-electron chi connectivity index (χ2n) is 8.70. The van der Waals surface area contributed by atoms with Crippen molar-refractivity contribution in [3.63, 3.8) is 0 Å². The molecule has 0 radical (unpaired) electrons. The summed E-state index contributed by atoms with van der Waals surface area (Å²) < 4.78 is 31.0. The van der Waals surface area contributed by atoms with Crippen LogP contribution in [0.4, 0.5) is 5.69 Å². The Kier molecular flexibility index (Phi) is 6.44. The minimum absolute atomic E-state index is 0.0996. The molecule has 4 rings (SSSR count). The van der Waals surface area contributed by atoms with E-state index in [4.69, 9.17) is 4.74 Å². The molecule has 1 N–H and O–H groups in total.